The summed E-state index contributed by atoms with van der Waals surface area (Å²) in [6, 6.07) is 6.59. The van der Waals surface area contributed by atoms with E-state index in [0.29, 0.717) is 17.2 Å². The fourth-order valence-corrected chi connectivity index (χ4v) is 1.78. The van der Waals surface area contributed by atoms with Gasteiger partial charge in [0.05, 0.1) is 19.9 Å². The van der Waals surface area contributed by atoms with E-state index in [1.54, 1.807) is 62.5 Å². The van der Waals surface area contributed by atoms with Gasteiger partial charge in [0.2, 0.25) is 5.91 Å². The average Bonchev–Trinajstić information content (AvgIpc) is 3.00. The van der Waals surface area contributed by atoms with E-state index >= 15 is 0 Å². The van der Waals surface area contributed by atoms with E-state index in [4.69, 9.17) is 9.47 Å². The van der Waals surface area contributed by atoms with Crippen molar-refractivity contribution < 1.29 is 14.3 Å². The molecule has 0 aliphatic rings. The number of rotatable bonds is 5. The van der Waals surface area contributed by atoms with Crippen LogP contribution >= 0.6 is 0 Å². The number of ether oxygens (including phenoxy) is 2. The van der Waals surface area contributed by atoms with Crippen LogP contribution < -0.4 is 14.8 Å². The lowest BCUT2D eigenvalue weighted by atomic mass is 10.2. The van der Waals surface area contributed by atoms with Gasteiger partial charge in [0, 0.05) is 18.5 Å². The highest BCUT2D eigenvalue weighted by Gasteiger charge is 2.17. The highest BCUT2D eigenvalue weighted by atomic mass is 16.5. The zero-order valence-electron chi connectivity index (χ0n) is 11.7. The van der Waals surface area contributed by atoms with E-state index in [1.807, 2.05) is 0 Å². The first-order chi connectivity index (χ1) is 9.65. The molecular weight excluding hydrogens is 258 g/mol. The second-order valence-electron chi connectivity index (χ2n) is 4.22. The number of aromatic nitrogens is 2. The standard InChI is InChI=1S/C14H17N3O3/c1-10(17-8-4-7-15-17)14(18)16-12-9-11(19-2)5-6-13(12)20-3/h4-10H,1-3H3,(H,16,18). The smallest absolute Gasteiger partial charge is 0.249 e. The molecule has 0 aliphatic carbocycles. The molecule has 0 fully saturated rings. The minimum atomic E-state index is -0.416. The van der Waals surface area contributed by atoms with Crippen molar-refractivity contribution in [1.29, 1.82) is 0 Å². The number of hydrogen-bond donors (Lipinski definition) is 1. The van der Waals surface area contributed by atoms with Crippen LogP contribution in [0.25, 0.3) is 0 Å². The van der Waals surface area contributed by atoms with Crippen LogP contribution in [0.3, 0.4) is 0 Å². The Labute approximate surface area is 117 Å². The molecule has 0 spiro atoms. The van der Waals surface area contributed by atoms with Crippen molar-refractivity contribution in [1.82, 2.24) is 9.78 Å². The molecule has 6 heteroatoms. The summed E-state index contributed by atoms with van der Waals surface area (Å²) < 4.78 is 12.0. The van der Waals surface area contributed by atoms with Gasteiger partial charge in [0.25, 0.3) is 0 Å². The van der Waals surface area contributed by atoms with Crippen LogP contribution in [0.1, 0.15) is 13.0 Å². The summed E-state index contributed by atoms with van der Waals surface area (Å²) in [4.78, 5) is 12.2. The number of hydrogen-bond acceptors (Lipinski definition) is 4. The van der Waals surface area contributed by atoms with Crippen LogP contribution in [-0.4, -0.2) is 29.9 Å². The van der Waals surface area contributed by atoms with Crippen molar-refractivity contribution in [3.05, 3.63) is 36.7 Å². The van der Waals surface area contributed by atoms with Crippen molar-refractivity contribution in [2.45, 2.75) is 13.0 Å². The summed E-state index contributed by atoms with van der Waals surface area (Å²) >= 11 is 0. The van der Waals surface area contributed by atoms with E-state index in [0.717, 1.165) is 0 Å². The molecule has 1 amide bonds. The predicted octanol–water partition coefficient (Wildman–Crippen LogP) is 2.10. The molecule has 2 aromatic rings. The average molecular weight is 275 g/mol. The number of carbonyl (C=O) groups excluding carboxylic acids is 1. The van der Waals surface area contributed by atoms with Crippen LogP contribution in [0.15, 0.2) is 36.7 Å². The van der Waals surface area contributed by atoms with E-state index < -0.39 is 6.04 Å². The summed E-state index contributed by atoms with van der Waals surface area (Å²) in [6.07, 6.45) is 3.38. The second kappa shape index (κ2) is 6.10. The molecule has 1 N–H and O–H groups in total. The Morgan fingerprint density at radius 1 is 1.35 bits per heavy atom. The SMILES string of the molecule is COc1ccc(OC)c(NC(=O)C(C)n2cccn2)c1. The molecule has 0 radical (unpaired) electrons. The number of methoxy groups -OCH3 is 2. The number of amides is 1. The van der Waals surface area contributed by atoms with Gasteiger partial charge >= 0.3 is 0 Å². The molecule has 106 valence electrons. The first-order valence-corrected chi connectivity index (χ1v) is 6.17. The molecule has 0 bridgehead atoms. The Morgan fingerprint density at radius 2 is 2.15 bits per heavy atom. The maximum absolute atomic E-state index is 12.2. The molecule has 0 saturated carbocycles. The third kappa shape index (κ3) is 2.90. The van der Waals surface area contributed by atoms with Crippen molar-refractivity contribution in [3.8, 4) is 11.5 Å². The third-order valence-electron chi connectivity index (χ3n) is 2.97. The minimum Gasteiger partial charge on any atom is -0.497 e. The second-order valence-corrected chi connectivity index (χ2v) is 4.22. The van der Waals surface area contributed by atoms with Crippen LogP contribution in [0, 0.1) is 0 Å². The molecule has 0 saturated heterocycles. The Kier molecular flexibility index (Phi) is 4.24. The van der Waals surface area contributed by atoms with Gasteiger partial charge in [-0.1, -0.05) is 0 Å². The van der Waals surface area contributed by atoms with Gasteiger partial charge in [0.15, 0.2) is 0 Å². The summed E-state index contributed by atoms with van der Waals surface area (Å²) in [7, 11) is 3.12. The van der Waals surface area contributed by atoms with Crippen LogP contribution in [-0.2, 0) is 4.79 Å². The highest BCUT2D eigenvalue weighted by Crippen LogP contribution is 2.29. The van der Waals surface area contributed by atoms with Crippen molar-refractivity contribution in [2.24, 2.45) is 0 Å². The van der Waals surface area contributed by atoms with Crippen molar-refractivity contribution in [2.75, 3.05) is 19.5 Å². The molecule has 20 heavy (non-hydrogen) atoms. The van der Waals surface area contributed by atoms with Gasteiger partial charge < -0.3 is 14.8 Å². The molecular formula is C14H17N3O3. The van der Waals surface area contributed by atoms with Crippen molar-refractivity contribution >= 4 is 11.6 Å². The Bertz CT molecular complexity index is 581. The van der Waals surface area contributed by atoms with E-state index in [2.05, 4.69) is 10.4 Å². The molecule has 1 atom stereocenters. The molecule has 6 nitrogen and oxygen atoms in total. The molecule has 1 unspecified atom stereocenters. The Balaban J connectivity index is 2.18. The topological polar surface area (TPSA) is 65.4 Å². The lowest BCUT2D eigenvalue weighted by Gasteiger charge is -2.15. The lowest BCUT2D eigenvalue weighted by molar-refractivity contribution is -0.119. The van der Waals surface area contributed by atoms with Gasteiger partial charge in [0.1, 0.15) is 17.5 Å². The quantitative estimate of drug-likeness (QED) is 0.907. The first kappa shape index (κ1) is 13.9. The molecule has 0 aliphatic heterocycles. The van der Waals surface area contributed by atoms with Crippen molar-refractivity contribution in [3.63, 3.8) is 0 Å². The van der Waals surface area contributed by atoms with Gasteiger partial charge in [-0.25, -0.2) is 0 Å². The monoisotopic (exact) mass is 275 g/mol. The number of nitrogens with zero attached hydrogens (tertiary/aromatic N) is 2. The van der Waals surface area contributed by atoms with Gasteiger partial charge in [-0.3, -0.25) is 9.48 Å². The summed E-state index contributed by atoms with van der Waals surface area (Å²) in [5.41, 5.74) is 0.566. The van der Waals surface area contributed by atoms with E-state index in [9.17, 15) is 4.79 Å². The normalized spacial score (nSPS) is 11.8. The molecule has 2 rings (SSSR count). The highest BCUT2D eigenvalue weighted by molar-refractivity contribution is 5.95. The summed E-state index contributed by atoms with van der Waals surface area (Å²) in [5.74, 6) is 1.04. The Hall–Kier alpha value is -2.50. The largest absolute Gasteiger partial charge is 0.497 e. The van der Waals surface area contributed by atoms with Gasteiger partial charge in [-0.15, -0.1) is 0 Å². The number of nitrogens with one attached hydrogen (secondary N) is 1. The van der Waals surface area contributed by atoms with Gasteiger partial charge in [-0.2, -0.15) is 5.10 Å². The third-order valence-corrected chi connectivity index (χ3v) is 2.97. The summed E-state index contributed by atoms with van der Waals surface area (Å²) in [5, 5.41) is 6.87. The van der Waals surface area contributed by atoms with Crippen LogP contribution in [0.5, 0.6) is 11.5 Å². The fourth-order valence-electron chi connectivity index (χ4n) is 1.78. The number of anilines is 1. The summed E-state index contributed by atoms with van der Waals surface area (Å²) in [6.45, 7) is 1.77. The number of benzene rings is 1. The number of carbonyl (C=O) groups is 1. The maximum atomic E-state index is 12.2. The van der Waals surface area contributed by atoms with Crippen LogP contribution in [0.4, 0.5) is 5.69 Å². The maximum Gasteiger partial charge on any atom is 0.249 e. The lowest BCUT2D eigenvalue weighted by Crippen LogP contribution is -2.24. The van der Waals surface area contributed by atoms with Gasteiger partial charge in [-0.05, 0) is 25.1 Å². The molecule has 1 aromatic heterocycles. The molecule has 1 aromatic carbocycles. The van der Waals surface area contributed by atoms with E-state index in [-0.39, 0.29) is 5.91 Å². The van der Waals surface area contributed by atoms with E-state index in [1.165, 1.54) is 0 Å². The Morgan fingerprint density at radius 3 is 2.75 bits per heavy atom. The zero-order chi connectivity index (χ0) is 14.5. The first-order valence-electron chi connectivity index (χ1n) is 6.17. The zero-order valence-corrected chi connectivity index (χ0v) is 11.7. The predicted molar refractivity (Wildman–Crippen MR) is 75.1 cm³/mol. The minimum absolute atomic E-state index is 0.180. The fraction of sp³-hybridized carbons (Fsp3) is 0.286. The molecule has 1 heterocycles. The van der Waals surface area contributed by atoms with Crippen LogP contribution in [0.2, 0.25) is 0 Å².